The second-order valence-electron chi connectivity index (χ2n) is 7.77. The van der Waals surface area contributed by atoms with Crippen LogP contribution in [0.4, 0.5) is 15.9 Å². The van der Waals surface area contributed by atoms with Crippen molar-refractivity contribution in [2.24, 2.45) is 0 Å². The molecule has 2 aromatic carbocycles. The molecule has 150 valence electrons. The summed E-state index contributed by atoms with van der Waals surface area (Å²) < 4.78 is 14.9. The monoisotopic (exact) mass is 394 g/mol. The van der Waals surface area contributed by atoms with Gasteiger partial charge >= 0.3 is 0 Å². The number of anilines is 2. The lowest BCUT2D eigenvalue weighted by Crippen LogP contribution is -2.15. The summed E-state index contributed by atoms with van der Waals surface area (Å²) in [6.45, 7) is 7.49. The van der Waals surface area contributed by atoms with Crippen LogP contribution in [0.3, 0.4) is 0 Å². The van der Waals surface area contributed by atoms with Crippen molar-refractivity contribution in [1.82, 2.24) is 9.78 Å². The number of carbonyl (C=O) groups excluding carboxylic acids is 2. The maximum absolute atomic E-state index is 13.3. The zero-order valence-electron chi connectivity index (χ0n) is 16.8. The van der Waals surface area contributed by atoms with Crippen LogP contribution in [0, 0.1) is 5.82 Å². The van der Waals surface area contributed by atoms with Gasteiger partial charge < -0.3 is 10.6 Å². The molecule has 0 aliphatic rings. The zero-order valence-corrected chi connectivity index (χ0v) is 16.8. The van der Waals surface area contributed by atoms with Crippen LogP contribution in [0.1, 0.15) is 43.7 Å². The maximum atomic E-state index is 13.3. The maximum Gasteiger partial charge on any atom is 0.256 e. The fourth-order valence-electron chi connectivity index (χ4n) is 2.71. The lowest BCUT2D eigenvalue weighted by Gasteiger charge is -2.14. The van der Waals surface area contributed by atoms with E-state index >= 15 is 0 Å². The van der Waals surface area contributed by atoms with Gasteiger partial charge in [-0.3, -0.25) is 9.59 Å². The van der Waals surface area contributed by atoms with E-state index in [-0.39, 0.29) is 23.0 Å². The van der Waals surface area contributed by atoms with E-state index in [9.17, 15) is 14.0 Å². The fourth-order valence-corrected chi connectivity index (χ4v) is 2.71. The van der Waals surface area contributed by atoms with E-state index in [0.29, 0.717) is 22.8 Å². The van der Waals surface area contributed by atoms with Crippen molar-refractivity contribution in [3.05, 3.63) is 71.7 Å². The highest BCUT2D eigenvalue weighted by molar-refractivity contribution is 6.04. The predicted molar refractivity (Wildman–Crippen MR) is 111 cm³/mol. The number of carbonyl (C=O) groups is 2. The molecule has 0 radical (unpaired) electrons. The van der Waals surface area contributed by atoms with Crippen molar-refractivity contribution in [1.29, 1.82) is 0 Å². The van der Waals surface area contributed by atoms with Crippen LogP contribution in [-0.2, 0) is 10.2 Å². The van der Waals surface area contributed by atoms with Crippen LogP contribution >= 0.6 is 0 Å². The van der Waals surface area contributed by atoms with E-state index in [1.807, 2.05) is 26.8 Å². The molecule has 2 amide bonds. The molecule has 0 fully saturated rings. The number of nitrogens with one attached hydrogen (secondary N) is 2. The van der Waals surface area contributed by atoms with Crippen LogP contribution in [0.25, 0.3) is 5.69 Å². The van der Waals surface area contributed by atoms with E-state index in [2.05, 4.69) is 15.7 Å². The summed E-state index contributed by atoms with van der Waals surface area (Å²) in [7, 11) is 0. The first-order valence-corrected chi connectivity index (χ1v) is 9.19. The van der Waals surface area contributed by atoms with Crippen LogP contribution in [-0.4, -0.2) is 21.6 Å². The van der Waals surface area contributed by atoms with Gasteiger partial charge in [0.25, 0.3) is 5.91 Å². The molecule has 0 aliphatic heterocycles. The molecule has 3 aromatic rings. The van der Waals surface area contributed by atoms with Gasteiger partial charge in [0.1, 0.15) is 11.6 Å². The summed E-state index contributed by atoms with van der Waals surface area (Å²) in [5.41, 5.74) is 2.24. The Morgan fingerprint density at radius 2 is 1.59 bits per heavy atom. The standard InChI is InChI=1S/C22H23FN4O2/c1-14(28)24-17-9-5-15(6-10-17)21(29)25-20-13-19(22(2,3)4)26-27(20)18-11-7-16(23)8-12-18/h5-13H,1-4H3,(H,24,28)(H,25,29). The largest absolute Gasteiger partial charge is 0.326 e. The minimum Gasteiger partial charge on any atom is -0.326 e. The first-order valence-electron chi connectivity index (χ1n) is 9.19. The molecule has 0 atom stereocenters. The van der Waals surface area contributed by atoms with Gasteiger partial charge in [-0.1, -0.05) is 20.8 Å². The Morgan fingerprint density at radius 3 is 2.14 bits per heavy atom. The van der Waals surface area contributed by atoms with Gasteiger partial charge in [-0.2, -0.15) is 5.10 Å². The van der Waals surface area contributed by atoms with E-state index in [1.54, 1.807) is 41.1 Å². The van der Waals surface area contributed by atoms with Crippen molar-refractivity contribution in [3.8, 4) is 5.69 Å². The van der Waals surface area contributed by atoms with Crippen molar-refractivity contribution in [2.75, 3.05) is 10.6 Å². The second kappa shape index (κ2) is 7.87. The van der Waals surface area contributed by atoms with Crippen molar-refractivity contribution in [3.63, 3.8) is 0 Å². The van der Waals surface area contributed by atoms with Crippen molar-refractivity contribution in [2.45, 2.75) is 33.1 Å². The van der Waals surface area contributed by atoms with Crippen LogP contribution in [0.15, 0.2) is 54.6 Å². The smallest absolute Gasteiger partial charge is 0.256 e. The Kier molecular flexibility index (Phi) is 5.50. The topological polar surface area (TPSA) is 76.0 Å². The normalized spacial score (nSPS) is 11.2. The molecule has 0 bridgehead atoms. The van der Waals surface area contributed by atoms with Gasteiger partial charge in [-0.05, 0) is 48.5 Å². The van der Waals surface area contributed by atoms with Crippen LogP contribution in [0.5, 0.6) is 0 Å². The molecule has 1 aromatic heterocycles. The number of hydrogen-bond donors (Lipinski definition) is 2. The number of benzene rings is 2. The molecule has 1 heterocycles. The second-order valence-corrected chi connectivity index (χ2v) is 7.77. The highest BCUT2D eigenvalue weighted by Crippen LogP contribution is 2.27. The molecule has 2 N–H and O–H groups in total. The number of rotatable bonds is 4. The number of aromatic nitrogens is 2. The summed E-state index contributed by atoms with van der Waals surface area (Å²) in [5.74, 6) is -0.359. The average molecular weight is 394 g/mol. The molecule has 0 saturated heterocycles. The molecule has 0 aliphatic carbocycles. The SMILES string of the molecule is CC(=O)Nc1ccc(C(=O)Nc2cc(C(C)(C)C)nn2-c2ccc(F)cc2)cc1. The molecule has 0 saturated carbocycles. The van der Waals surface area contributed by atoms with Gasteiger partial charge in [0, 0.05) is 29.7 Å². The van der Waals surface area contributed by atoms with E-state index in [0.717, 1.165) is 5.69 Å². The molecule has 7 heteroatoms. The number of hydrogen-bond acceptors (Lipinski definition) is 3. The summed E-state index contributed by atoms with van der Waals surface area (Å²) in [4.78, 5) is 23.9. The Bertz CT molecular complexity index is 1030. The first-order chi connectivity index (χ1) is 13.6. The van der Waals surface area contributed by atoms with E-state index < -0.39 is 0 Å². The van der Waals surface area contributed by atoms with Gasteiger partial charge in [-0.25, -0.2) is 9.07 Å². The molecular formula is C22H23FN4O2. The highest BCUT2D eigenvalue weighted by Gasteiger charge is 2.22. The summed E-state index contributed by atoms with van der Waals surface area (Å²) in [5, 5.41) is 10.1. The zero-order chi connectivity index (χ0) is 21.2. The third kappa shape index (κ3) is 4.87. The van der Waals surface area contributed by atoms with Crippen molar-refractivity contribution >= 4 is 23.3 Å². The van der Waals surface area contributed by atoms with Gasteiger partial charge in [0.2, 0.25) is 5.91 Å². The third-order valence-corrected chi connectivity index (χ3v) is 4.26. The molecule has 3 rings (SSSR count). The minimum absolute atomic E-state index is 0.180. The van der Waals surface area contributed by atoms with E-state index in [1.165, 1.54) is 19.1 Å². The average Bonchev–Trinajstić information content (AvgIpc) is 3.06. The first kappa shape index (κ1) is 20.3. The Hall–Kier alpha value is -3.48. The van der Waals surface area contributed by atoms with Crippen LogP contribution < -0.4 is 10.6 Å². The van der Waals surface area contributed by atoms with E-state index in [4.69, 9.17) is 0 Å². The predicted octanol–water partition coefficient (Wildman–Crippen LogP) is 4.52. The summed E-state index contributed by atoms with van der Waals surface area (Å²) in [6, 6.07) is 14.3. The molecule has 0 spiro atoms. The van der Waals surface area contributed by atoms with Gasteiger partial charge in [0.15, 0.2) is 0 Å². The summed E-state index contributed by atoms with van der Waals surface area (Å²) >= 11 is 0. The fraction of sp³-hybridized carbons (Fsp3) is 0.227. The molecule has 6 nitrogen and oxygen atoms in total. The number of halogens is 1. The van der Waals surface area contributed by atoms with Gasteiger partial charge in [-0.15, -0.1) is 0 Å². The Morgan fingerprint density at radius 1 is 0.966 bits per heavy atom. The lowest BCUT2D eigenvalue weighted by atomic mass is 9.92. The third-order valence-electron chi connectivity index (χ3n) is 4.26. The number of amides is 2. The number of nitrogens with zero attached hydrogens (tertiary/aromatic N) is 2. The Labute approximate surface area is 168 Å². The summed E-state index contributed by atoms with van der Waals surface area (Å²) in [6.07, 6.45) is 0. The lowest BCUT2D eigenvalue weighted by molar-refractivity contribution is -0.114. The Balaban J connectivity index is 1.91. The van der Waals surface area contributed by atoms with Crippen molar-refractivity contribution < 1.29 is 14.0 Å². The highest BCUT2D eigenvalue weighted by atomic mass is 19.1. The molecular weight excluding hydrogens is 371 g/mol. The van der Waals surface area contributed by atoms with Crippen LogP contribution in [0.2, 0.25) is 0 Å². The molecule has 29 heavy (non-hydrogen) atoms. The minimum atomic E-state index is -0.346. The molecule has 0 unspecified atom stereocenters. The quantitative estimate of drug-likeness (QED) is 0.683. The van der Waals surface area contributed by atoms with Gasteiger partial charge in [0.05, 0.1) is 11.4 Å².